The Morgan fingerprint density at radius 3 is 2.57 bits per heavy atom. The topological polar surface area (TPSA) is 55.2 Å². The van der Waals surface area contributed by atoms with Crippen LogP contribution in [0.4, 0.5) is 15.8 Å². The summed E-state index contributed by atoms with van der Waals surface area (Å²) in [5, 5.41) is 14.5. The summed E-state index contributed by atoms with van der Waals surface area (Å²) in [4.78, 5) is 10.5. The number of hydrogen-bond acceptors (Lipinski definition) is 3. The molecule has 0 radical (unpaired) electrons. The highest BCUT2D eigenvalue weighted by Crippen LogP contribution is 2.28. The Morgan fingerprint density at radius 2 is 1.95 bits per heavy atom. The van der Waals surface area contributed by atoms with E-state index in [1.807, 2.05) is 6.92 Å². The van der Waals surface area contributed by atoms with Crippen LogP contribution >= 0.6 is 11.6 Å². The first-order valence-electron chi connectivity index (χ1n) is 6.40. The van der Waals surface area contributed by atoms with E-state index in [0.29, 0.717) is 17.1 Å². The summed E-state index contributed by atoms with van der Waals surface area (Å²) in [6.45, 7) is 1.90. The van der Waals surface area contributed by atoms with Gasteiger partial charge in [-0.25, -0.2) is 4.39 Å². The molecule has 0 aliphatic heterocycles. The Balaban J connectivity index is 2.12. The van der Waals surface area contributed by atoms with Crippen LogP contribution in [0.1, 0.15) is 12.5 Å². The molecule has 0 aromatic heterocycles. The van der Waals surface area contributed by atoms with E-state index in [2.05, 4.69) is 5.32 Å². The molecule has 0 saturated heterocycles. The number of nitro groups is 1. The van der Waals surface area contributed by atoms with Crippen molar-refractivity contribution in [2.24, 2.45) is 0 Å². The molecule has 4 nitrogen and oxygen atoms in total. The second-order valence-corrected chi connectivity index (χ2v) is 5.23. The van der Waals surface area contributed by atoms with Gasteiger partial charge in [-0.3, -0.25) is 10.1 Å². The monoisotopic (exact) mass is 308 g/mol. The molecule has 21 heavy (non-hydrogen) atoms. The van der Waals surface area contributed by atoms with Crippen molar-refractivity contribution in [3.63, 3.8) is 0 Å². The highest BCUT2D eigenvalue weighted by molar-refractivity contribution is 6.31. The van der Waals surface area contributed by atoms with Gasteiger partial charge in [-0.1, -0.05) is 23.7 Å². The van der Waals surface area contributed by atoms with Crippen LogP contribution in [-0.4, -0.2) is 11.0 Å². The summed E-state index contributed by atoms with van der Waals surface area (Å²) in [7, 11) is 0. The Morgan fingerprint density at radius 1 is 1.29 bits per heavy atom. The second kappa shape index (κ2) is 6.54. The van der Waals surface area contributed by atoms with E-state index in [0.717, 1.165) is 5.56 Å². The largest absolute Gasteiger partial charge is 0.377 e. The molecule has 6 heteroatoms. The van der Waals surface area contributed by atoms with E-state index in [9.17, 15) is 14.5 Å². The third-order valence-corrected chi connectivity index (χ3v) is 3.25. The van der Waals surface area contributed by atoms with Crippen LogP contribution in [0.3, 0.4) is 0 Å². The van der Waals surface area contributed by atoms with Gasteiger partial charge >= 0.3 is 0 Å². The number of hydrogen-bond donors (Lipinski definition) is 1. The molecule has 0 aliphatic rings. The van der Waals surface area contributed by atoms with Crippen molar-refractivity contribution in [1.29, 1.82) is 0 Å². The van der Waals surface area contributed by atoms with E-state index < -0.39 is 4.92 Å². The lowest BCUT2D eigenvalue weighted by Gasteiger charge is -2.15. The number of rotatable bonds is 5. The highest BCUT2D eigenvalue weighted by atomic mass is 35.5. The Labute approximate surface area is 126 Å². The Hall–Kier alpha value is -2.14. The third-order valence-electron chi connectivity index (χ3n) is 3.01. The molecule has 2 aromatic carbocycles. The Bertz CT molecular complexity index is 647. The van der Waals surface area contributed by atoms with Gasteiger partial charge in [0.25, 0.3) is 5.69 Å². The highest BCUT2D eigenvalue weighted by Gasteiger charge is 2.15. The molecular formula is C15H14ClFN2O2. The lowest BCUT2D eigenvalue weighted by molar-refractivity contribution is -0.384. The van der Waals surface area contributed by atoms with Crippen molar-refractivity contribution in [1.82, 2.24) is 0 Å². The summed E-state index contributed by atoms with van der Waals surface area (Å²) in [5.41, 5.74) is 1.30. The van der Waals surface area contributed by atoms with Gasteiger partial charge in [-0.2, -0.15) is 0 Å². The summed E-state index contributed by atoms with van der Waals surface area (Å²) >= 11 is 5.88. The minimum absolute atomic E-state index is 0.0228. The lowest BCUT2D eigenvalue weighted by atomic mass is 10.1. The fourth-order valence-corrected chi connectivity index (χ4v) is 2.25. The number of halogens is 2. The van der Waals surface area contributed by atoms with Crippen LogP contribution in [-0.2, 0) is 6.42 Å². The molecule has 0 spiro atoms. The predicted octanol–water partition coefficient (Wildman–Crippen LogP) is 4.43. The minimum Gasteiger partial charge on any atom is -0.377 e. The summed E-state index contributed by atoms with van der Waals surface area (Å²) in [5.74, 6) is -0.287. The fraction of sp³-hybridized carbons (Fsp3) is 0.200. The quantitative estimate of drug-likeness (QED) is 0.656. The van der Waals surface area contributed by atoms with Crippen LogP contribution in [0.2, 0.25) is 5.02 Å². The van der Waals surface area contributed by atoms with E-state index >= 15 is 0 Å². The van der Waals surface area contributed by atoms with E-state index in [1.165, 1.54) is 30.3 Å². The molecule has 1 N–H and O–H groups in total. The van der Waals surface area contributed by atoms with Crippen molar-refractivity contribution in [3.8, 4) is 0 Å². The zero-order valence-electron chi connectivity index (χ0n) is 11.3. The molecule has 1 unspecified atom stereocenters. The number of nitrogens with one attached hydrogen (secondary N) is 1. The summed E-state index contributed by atoms with van der Waals surface area (Å²) in [6.07, 6.45) is 0.615. The molecule has 110 valence electrons. The van der Waals surface area contributed by atoms with Crippen molar-refractivity contribution in [2.75, 3.05) is 5.32 Å². The maximum atomic E-state index is 12.9. The van der Waals surface area contributed by atoms with Gasteiger partial charge in [0.1, 0.15) is 11.5 Å². The van der Waals surface area contributed by atoms with E-state index in [4.69, 9.17) is 11.6 Å². The van der Waals surface area contributed by atoms with Crippen LogP contribution in [0.15, 0.2) is 42.5 Å². The van der Waals surface area contributed by atoms with Crippen molar-refractivity contribution in [2.45, 2.75) is 19.4 Å². The first kappa shape index (κ1) is 15.3. The normalized spacial score (nSPS) is 12.0. The molecule has 0 heterocycles. The smallest absolute Gasteiger partial charge is 0.292 e. The van der Waals surface area contributed by atoms with Gasteiger partial charge in [-0.15, -0.1) is 0 Å². The molecule has 2 rings (SSSR count). The van der Waals surface area contributed by atoms with Crippen molar-refractivity contribution >= 4 is 23.0 Å². The molecule has 0 fully saturated rings. The van der Waals surface area contributed by atoms with Crippen LogP contribution < -0.4 is 5.32 Å². The van der Waals surface area contributed by atoms with Gasteiger partial charge < -0.3 is 5.32 Å². The van der Waals surface area contributed by atoms with E-state index in [-0.39, 0.29) is 17.5 Å². The van der Waals surface area contributed by atoms with Crippen LogP contribution in [0.25, 0.3) is 0 Å². The first-order valence-corrected chi connectivity index (χ1v) is 6.78. The number of anilines is 1. The second-order valence-electron chi connectivity index (χ2n) is 4.79. The standard InChI is InChI=1S/C15H14ClFN2O2/c1-10(8-11-2-5-13(17)6-3-11)18-14-9-12(16)4-7-15(14)19(20)21/h2-7,9-10,18H,8H2,1H3. The van der Waals surface area contributed by atoms with Gasteiger partial charge in [0, 0.05) is 17.1 Å². The average Bonchev–Trinajstić information content (AvgIpc) is 2.41. The average molecular weight is 309 g/mol. The summed E-state index contributed by atoms with van der Waals surface area (Å²) in [6, 6.07) is 10.5. The maximum absolute atomic E-state index is 12.9. The number of nitrogens with zero attached hydrogens (tertiary/aromatic N) is 1. The van der Waals surface area contributed by atoms with Crippen molar-refractivity contribution in [3.05, 3.63) is 69.0 Å². The third kappa shape index (κ3) is 4.16. The molecule has 0 aliphatic carbocycles. The van der Waals surface area contributed by atoms with E-state index in [1.54, 1.807) is 12.1 Å². The summed E-state index contributed by atoms with van der Waals surface area (Å²) < 4.78 is 12.9. The molecule has 1 atom stereocenters. The van der Waals surface area contributed by atoms with Crippen LogP contribution in [0.5, 0.6) is 0 Å². The lowest BCUT2D eigenvalue weighted by Crippen LogP contribution is -2.18. The molecule has 0 amide bonds. The van der Waals surface area contributed by atoms with Crippen molar-refractivity contribution < 1.29 is 9.31 Å². The molecule has 0 saturated carbocycles. The molecule has 2 aromatic rings. The predicted molar refractivity (Wildman–Crippen MR) is 81.3 cm³/mol. The first-order chi connectivity index (χ1) is 9.95. The van der Waals surface area contributed by atoms with Gasteiger partial charge in [0.05, 0.1) is 4.92 Å². The fourth-order valence-electron chi connectivity index (χ4n) is 2.07. The van der Waals surface area contributed by atoms with Crippen LogP contribution in [0, 0.1) is 15.9 Å². The maximum Gasteiger partial charge on any atom is 0.292 e. The van der Waals surface area contributed by atoms with Gasteiger partial charge in [0.2, 0.25) is 0 Å². The Kier molecular flexibility index (Phi) is 4.75. The van der Waals surface area contributed by atoms with Gasteiger partial charge in [0.15, 0.2) is 0 Å². The SMILES string of the molecule is CC(Cc1ccc(F)cc1)Nc1cc(Cl)ccc1[N+](=O)[O-]. The zero-order valence-corrected chi connectivity index (χ0v) is 12.1. The minimum atomic E-state index is -0.455. The molecular weight excluding hydrogens is 295 g/mol. The van der Waals surface area contributed by atoms with Gasteiger partial charge in [-0.05, 0) is 43.2 Å². The number of benzene rings is 2. The zero-order chi connectivity index (χ0) is 15.4. The number of nitro benzene ring substituents is 1. The molecule has 0 bridgehead atoms.